The van der Waals surface area contributed by atoms with Crippen molar-refractivity contribution in [3.05, 3.63) is 139 Å². The molecule has 2 aromatic heterocycles. The maximum Gasteiger partial charge on any atom is 0.0783 e. The van der Waals surface area contributed by atoms with Gasteiger partial charge >= 0.3 is 0 Å². The minimum Gasteiger partial charge on any atom is -0.353 e. The van der Waals surface area contributed by atoms with E-state index in [4.69, 9.17) is 13.7 Å². The van der Waals surface area contributed by atoms with E-state index in [0.717, 1.165) is 43.6 Å². The zero-order valence-corrected chi connectivity index (χ0v) is 20.0. The molecule has 2 heteroatoms. The van der Waals surface area contributed by atoms with Crippen molar-refractivity contribution >= 4 is 43.6 Å². The standard InChI is InChI=1S/C36H24N2/c1-3-11-24(12-4-1)26-19-20-27(25-13-5-2-6-14-25)34(23-26)38-33-18-10-8-16-29(33)31-22-21-30-28-15-7-9-17-32(28)37-35(30)36(31)38/h1-23,37H/i1D,2D,3D,4D,5D,6D,11D,12D,13D,14D. The van der Waals surface area contributed by atoms with Gasteiger partial charge < -0.3 is 9.55 Å². The zero-order chi connectivity index (χ0) is 33.8. The summed E-state index contributed by atoms with van der Waals surface area (Å²) in [5.41, 5.74) is 4.31. The van der Waals surface area contributed by atoms with Crippen LogP contribution in [0.5, 0.6) is 0 Å². The maximum atomic E-state index is 8.87. The van der Waals surface area contributed by atoms with Gasteiger partial charge in [-0.2, -0.15) is 0 Å². The first-order chi connectivity index (χ1) is 23.0. The van der Waals surface area contributed by atoms with Crippen LogP contribution in [0.4, 0.5) is 0 Å². The highest BCUT2D eigenvalue weighted by Crippen LogP contribution is 2.41. The molecule has 38 heavy (non-hydrogen) atoms. The molecule has 178 valence electrons. The summed E-state index contributed by atoms with van der Waals surface area (Å²) in [6.07, 6.45) is 0. The van der Waals surface area contributed by atoms with Crippen molar-refractivity contribution in [2.24, 2.45) is 0 Å². The number of hydrogen-bond acceptors (Lipinski definition) is 0. The van der Waals surface area contributed by atoms with Crippen molar-refractivity contribution in [2.75, 3.05) is 0 Å². The topological polar surface area (TPSA) is 20.7 Å². The predicted octanol–water partition coefficient (Wildman–Crippen LogP) is 9.75. The molecule has 0 spiro atoms. The molecule has 0 fully saturated rings. The van der Waals surface area contributed by atoms with Crippen molar-refractivity contribution in [2.45, 2.75) is 0 Å². The maximum absolute atomic E-state index is 8.87. The van der Waals surface area contributed by atoms with E-state index in [1.807, 2.05) is 59.2 Å². The lowest BCUT2D eigenvalue weighted by molar-refractivity contribution is 1.18. The molecule has 0 aliphatic heterocycles. The number of rotatable bonds is 3. The lowest BCUT2D eigenvalue weighted by Gasteiger charge is -2.16. The molecule has 6 aromatic carbocycles. The number of benzene rings is 6. The summed E-state index contributed by atoms with van der Waals surface area (Å²) in [7, 11) is 0. The van der Waals surface area contributed by atoms with E-state index in [2.05, 4.69) is 11.1 Å². The third-order valence-corrected chi connectivity index (χ3v) is 7.11. The Hall–Kier alpha value is -5.08. The highest BCUT2D eigenvalue weighted by atomic mass is 15.0. The summed E-state index contributed by atoms with van der Waals surface area (Å²) in [6, 6.07) is 20.2. The van der Waals surface area contributed by atoms with Crippen molar-refractivity contribution < 1.29 is 13.7 Å². The SMILES string of the molecule is [2H]c1c([2H])c([2H])c(-c2ccc(-c3c([2H])c([2H])c([2H])c([2H])c3[2H])c(-n3c4ccccc4c4ccc5c6ccccc6[nH]c5c43)c2)c([2H])c1[2H]. The molecule has 2 nitrogen and oxygen atoms in total. The summed E-state index contributed by atoms with van der Waals surface area (Å²) in [5.74, 6) is 0. The van der Waals surface area contributed by atoms with Crippen LogP contribution in [-0.4, -0.2) is 9.55 Å². The number of aromatic nitrogens is 2. The smallest absolute Gasteiger partial charge is 0.0783 e. The van der Waals surface area contributed by atoms with Crippen LogP contribution < -0.4 is 0 Å². The fraction of sp³-hybridized carbons (Fsp3) is 0. The van der Waals surface area contributed by atoms with E-state index in [-0.39, 0.29) is 35.3 Å². The highest BCUT2D eigenvalue weighted by molar-refractivity contribution is 6.23. The van der Waals surface area contributed by atoms with Gasteiger partial charge in [0.15, 0.2) is 0 Å². The van der Waals surface area contributed by atoms with E-state index >= 15 is 0 Å². The molecule has 0 bridgehead atoms. The molecule has 1 N–H and O–H groups in total. The van der Waals surface area contributed by atoms with E-state index in [9.17, 15) is 0 Å². The monoisotopic (exact) mass is 494 g/mol. The third-order valence-electron chi connectivity index (χ3n) is 7.11. The largest absolute Gasteiger partial charge is 0.353 e. The second-order valence-corrected chi connectivity index (χ2v) is 9.14. The summed E-state index contributed by atoms with van der Waals surface area (Å²) >= 11 is 0. The first-order valence-corrected chi connectivity index (χ1v) is 12.2. The Labute approximate surface area is 234 Å². The minimum absolute atomic E-state index is 0.00797. The van der Waals surface area contributed by atoms with Crippen molar-refractivity contribution in [3.63, 3.8) is 0 Å². The number of nitrogens with zero attached hydrogens (tertiary/aromatic N) is 1. The first-order valence-electron chi connectivity index (χ1n) is 17.2. The molecule has 0 radical (unpaired) electrons. The fourth-order valence-electron chi connectivity index (χ4n) is 5.48. The van der Waals surface area contributed by atoms with Crippen LogP contribution in [-0.2, 0) is 0 Å². The molecule has 8 aromatic rings. The zero-order valence-electron chi connectivity index (χ0n) is 30.0. The van der Waals surface area contributed by atoms with Crippen LogP contribution in [0, 0.1) is 0 Å². The van der Waals surface area contributed by atoms with Crippen LogP contribution in [0.3, 0.4) is 0 Å². The molecule has 0 aliphatic carbocycles. The average Bonchev–Trinajstić information content (AvgIpc) is 3.65. The molecule has 0 atom stereocenters. The number of aromatic amines is 1. The third kappa shape index (κ3) is 3.07. The first kappa shape index (κ1) is 13.5. The van der Waals surface area contributed by atoms with Crippen LogP contribution in [0.25, 0.3) is 71.6 Å². The van der Waals surface area contributed by atoms with Gasteiger partial charge in [0.25, 0.3) is 0 Å². The normalized spacial score (nSPS) is 15.4. The molecule has 2 heterocycles. The number of nitrogens with one attached hydrogen (secondary N) is 1. The van der Waals surface area contributed by atoms with Gasteiger partial charge in [0, 0.05) is 32.6 Å². The summed E-state index contributed by atoms with van der Waals surface area (Å²) in [4.78, 5) is 3.58. The van der Waals surface area contributed by atoms with Crippen LogP contribution in [0.1, 0.15) is 13.7 Å². The second kappa shape index (κ2) is 8.22. The second-order valence-electron chi connectivity index (χ2n) is 9.14. The van der Waals surface area contributed by atoms with E-state index in [0.29, 0.717) is 16.8 Å². The van der Waals surface area contributed by atoms with Crippen LogP contribution in [0.2, 0.25) is 0 Å². The molecule has 0 amide bonds. The van der Waals surface area contributed by atoms with Gasteiger partial charge in [-0.15, -0.1) is 0 Å². The molecule has 0 saturated heterocycles. The Morgan fingerprint density at radius 3 is 2.05 bits per heavy atom. The van der Waals surface area contributed by atoms with E-state index in [1.54, 1.807) is 18.2 Å². The van der Waals surface area contributed by atoms with Gasteiger partial charge in [0.1, 0.15) is 0 Å². The minimum atomic E-state index is -0.511. The number of H-pyrrole nitrogens is 1. The Kier molecular flexibility index (Phi) is 2.91. The van der Waals surface area contributed by atoms with Gasteiger partial charge in [0.05, 0.1) is 35.9 Å². The van der Waals surface area contributed by atoms with Crippen molar-refractivity contribution in [3.8, 4) is 27.9 Å². The number of fused-ring (bicyclic) bond motifs is 7. The molecule has 0 unspecified atom stereocenters. The summed E-state index contributed by atoms with van der Waals surface area (Å²) in [6.45, 7) is 0. The Bertz CT molecular complexity index is 2630. The van der Waals surface area contributed by atoms with Gasteiger partial charge in [0.2, 0.25) is 0 Å². The van der Waals surface area contributed by atoms with Crippen LogP contribution in [0.15, 0.2) is 139 Å². The van der Waals surface area contributed by atoms with Crippen molar-refractivity contribution in [1.29, 1.82) is 0 Å². The average molecular weight is 495 g/mol. The number of hydrogen-bond donors (Lipinski definition) is 1. The number of para-hydroxylation sites is 2. The van der Waals surface area contributed by atoms with Gasteiger partial charge in [-0.25, -0.2) is 0 Å². The van der Waals surface area contributed by atoms with E-state index < -0.39 is 36.3 Å². The fourth-order valence-corrected chi connectivity index (χ4v) is 5.48. The Balaban J connectivity index is 1.59. The van der Waals surface area contributed by atoms with Crippen LogP contribution >= 0.6 is 0 Å². The van der Waals surface area contributed by atoms with E-state index in [1.165, 1.54) is 0 Å². The quantitative estimate of drug-likeness (QED) is 0.252. The molecular formula is C36H24N2. The molecule has 0 saturated carbocycles. The summed E-state index contributed by atoms with van der Waals surface area (Å²) in [5, 5.41) is 3.80. The lowest BCUT2D eigenvalue weighted by Crippen LogP contribution is -1.98. The molecular weight excluding hydrogens is 460 g/mol. The lowest BCUT2D eigenvalue weighted by atomic mass is 9.98. The highest BCUT2D eigenvalue weighted by Gasteiger charge is 2.20. The predicted molar refractivity (Wildman–Crippen MR) is 161 cm³/mol. The molecule has 0 aliphatic rings. The van der Waals surface area contributed by atoms with Gasteiger partial charge in [-0.3, -0.25) is 0 Å². The summed E-state index contributed by atoms with van der Waals surface area (Å²) < 4.78 is 86.9. The van der Waals surface area contributed by atoms with Gasteiger partial charge in [-0.1, -0.05) is 121 Å². The van der Waals surface area contributed by atoms with Gasteiger partial charge in [-0.05, 0) is 34.9 Å². The Morgan fingerprint density at radius 2 is 1.24 bits per heavy atom. The Morgan fingerprint density at radius 1 is 0.553 bits per heavy atom. The molecule has 8 rings (SSSR count). The van der Waals surface area contributed by atoms with Crippen molar-refractivity contribution in [1.82, 2.24) is 9.55 Å².